The molecular weight excluding hydrogens is 1310 g/mol. The second kappa shape index (κ2) is 73.3. The van der Waals surface area contributed by atoms with Gasteiger partial charge in [0.1, 0.15) is 19.3 Å². The predicted molar refractivity (Wildman–Crippen MR) is 409 cm³/mol. The van der Waals surface area contributed by atoms with Gasteiger partial charge in [0, 0.05) is 25.7 Å². The Kier molecular flexibility index (Phi) is 70.4. The van der Waals surface area contributed by atoms with Crippen LogP contribution in [0.2, 0.25) is 0 Å². The van der Waals surface area contributed by atoms with Crippen molar-refractivity contribution in [2.24, 2.45) is 0 Å². The van der Waals surface area contributed by atoms with Gasteiger partial charge in [-0.25, -0.2) is 9.13 Å². The number of unbranched alkanes of at least 4 members (excludes halogenated alkanes) is 33. The smallest absolute Gasteiger partial charge is 0.462 e. The number of phosphoric acid groups is 2. The van der Waals surface area contributed by atoms with E-state index in [1.165, 1.54) is 116 Å². The van der Waals surface area contributed by atoms with E-state index >= 15 is 0 Å². The third-order valence-electron chi connectivity index (χ3n) is 16.5. The Bertz CT molecular complexity index is 2270. The zero-order chi connectivity index (χ0) is 73.2. The highest BCUT2D eigenvalue weighted by molar-refractivity contribution is 7.47. The molecule has 0 spiro atoms. The number of phosphoric ester groups is 2. The van der Waals surface area contributed by atoms with Crippen LogP contribution in [-0.4, -0.2) is 96.7 Å². The van der Waals surface area contributed by atoms with Crippen molar-refractivity contribution in [2.45, 2.75) is 354 Å². The van der Waals surface area contributed by atoms with E-state index in [4.69, 9.17) is 37.0 Å². The fraction of sp³-hybridized carbons (Fsp3) is 0.753. The minimum atomic E-state index is -4.99. The monoisotopic (exact) mass is 1450 g/mol. The van der Waals surface area contributed by atoms with Crippen molar-refractivity contribution in [1.82, 2.24) is 0 Å². The number of esters is 4. The van der Waals surface area contributed by atoms with E-state index in [-0.39, 0.29) is 25.7 Å². The zero-order valence-corrected chi connectivity index (χ0v) is 64.9. The van der Waals surface area contributed by atoms with Gasteiger partial charge in [-0.2, -0.15) is 0 Å². The van der Waals surface area contributed by atoms with Crippen molar-refractivity contribution in [3.63, 3.8) is 0 Å². The van der Waals surface area contributed by atoms with Gasteiger partial charge in [-0.3, -0.25) is 37.3 Å². The number of ether oxygens (including phenoxy) is 4. The molecule has 0 amide bonds. The maximum atomic E-state index is 13.1. The highest BCUT2D eigenvalue weighted by Crippen LogP contribution is 2.45. The maximum absolute atomic E-state index is 13.1. The molecule has 0 fully saturated rings. The standard InChI is InChI=1S/C81H142O17P2/c1-5-9-13-17-21-25-29-33-36-37-40-44-48-52-56-60-64-68-81(86)98-77(72-92-79(84)66-62-58-54-50-46-43-39-35-31-27-23-19-15-11-7-3)74-96-100(89,90)94-70-75(82)69-93-99(87,88)95-73-76(97-80(85)67-63-59-55-51-47-41-32-28-24-20-16-12-8-4)71-91-78(83)65-61-57-53-49-45-42-38-34-30-26-22-18-14-10-6-2/h21,23,25-27,30,33-36,38-40,44,52,56,75-77,82H,5-20,22,24,28-29,31-32,37,41-43,45-51,53-55,57-74H2,1-4H3,(H,87,88)(H,89,90)/b25-21-,27-23-,30-26-,36-33-,38-34-,39-35-,44-40-,56-52-/t75-,76+,77+/m0/s1. The van der Waals surface area contributed by atoms with Crippen LogP contribution >= 0.6 is 15.6 Å². The van der Waals surface area contributed by atoms with Gasteiger partial charge in [0.05, 0.1) is 26.4 Å². The Hall–Kier alpha value is -4.02. The third-order valence-corrected chi connectivity index (χ3v) is 18.4. The van der Waals surface area contributed by atoms with Crippen LogP contribution in [0.25, 0.3) is 0 Å². The van der Waals surface area contributed by atoms with Gasteiger partial charge in [0.2, 0.25) is 0 Å². The summed E-state index contributed by atoms with van der Waals surface area (Å²) in [7, 11) is -9.97. The summed E-state index contributed by atoms with van der Waals surface area (Å²) in [5.74, 6) is -2.26. The quantitative estimate of drug-likeness (QED) is 0.0128. The summed E-state index contributed by atoms with van der Waals surface area (Å²) in [5, 5.41) is 10.6. The van der Waals surface area contributed by atoms with Crippen molar-refractivity contribution in [3.05, 3.63) is 97.2 Å². The topological polar surface area (TPSA) is 237 Å². The number of aliphatic hydroxyl groups excluding tert-OH is 1. The van der Waals surface area contributed by atoms with Crippen molar-refractivity contribution in [2.75, 3.05) is 39.6 Å². The molecular formula is C81H142O17P2. The van der Waals surface area contributed by atoms with Crippen LogP contribution in [0.4, 0.5) is 0 Å². The van der Waals surface area contributed by atoms with E-state index in [0.717, 1.165) is 135 Å². The van der Waals surface area contributed by atoms with Crippen LogP contribution in [-0.2, 0) is 65.4 Å². The van der Waals surface area contributed by atoms with Gasteiger partial charge >= 0.3 is 39.5 Å². The normalized spacial score (nSPS) is 14.4. The Morgan fingerprint density at radius 2 is 0.530 bits per heavy atom. The van der Waals surface area contributed by atoms with E-state index in [1.807, 2.05) is 12.2 Å². The lowest BCUT2D eigenvalue weighted by Crippen LogP contribution is -2.30. The first-order valence-electron chi connectivity index (χ1n) is 39.5. The predicted octanol–water partition coefficient (Wildman–Crippen LogP) is 22.8. The molecule has 0 aliphatic heterocycles. The van der Waals surface area contributed by atoms with Crippen LogP contribution < -0.4 is 0 Å². The Labute approximate surface area is 607 Å². The number of allylic oxidation sites excluding steroid dienone is 16. The Morgan fingerprint density at radius 1 is 0.290 bits per heavy atom. The number of hydrogen-bond acceptors (Lipinski definition) is 15. The zero-order valence-electron chi connectivity index (χ0n) is 63.1. The lowest BCUT2D eigenvalue weighted by Gasteiger charge is -2.21. The minimum absolute atomic E-state index is 0.0161. The summed E-state index contributed by atoms with van der Waals surface area (Å²) < 4.78 is 68.5. The van der Waals surface area contributed by atoms with E-state index in [0.29, 0.717) is 32.1 Å². The SMILES string of the molecule is CCCCC/C=C\C/C=C\C/C=C\C/C=C\CCCC(=O)O[C@H](COC(=O)CCCCCCC/C=C\C/C=C\CCCCC)COP(=O)(O)OC[C@@H](O)COP(=O)(O)OC[C@@H](COC(=O)CCCCCCC/C=C\C=C/CCCCCC)OC(=O)CCCCCCCCCCCCCCC. The molecule has 0 saturated heterocycles. The average molecular weight is 1450 g/mol. The summed E-state index contributed by atoms with van der Waals surface area (Å²) in [6, 6.07) is 0. The molecule has 0 radical (unpaired) electrons. The summed E-state index contributed by atoms with van der Waals surface area (Å²) in [4.78, 5) is 72.9. The van der Waals surface area contributed by atoms with Gasteiger partial charge in [-0.1, -0.05) is 285 Å². The number of hydrogen-bond donors (Lipinski definition) is 3. The maximum Gasteiger partial charge on any atom is 0.472 e. The molecule has 0 aromatic rings. The molecule has 0 saturated carbocycles. The first-order valence-corrected chi connectivity index (χ1v) is 42.5. The molecule has 17 nitrogen and oxygen atoms in total. The number of carbonyl (C=O) groups is 4. The summed E-state index contributed by atoms with van der Waals surface area (Å²) in [5.41, 5.74) is 0. The van der Waals surface area contributed by atoms with Crippen molar-refractivity contribution in [1.29, 1.82) is 0 Å². The Morgan fingerprint density at radius 3 is 0.880 bits per heavy atom. The van der Waals surface area contributed by atoms with Gasteiger partial charge in [-0.05, 0) is 122 Å². The van der Waals surface area contributed by atoms with E-state index in [9.17, 15) is 43.2 Å². The fourth-order valence-electron chi connectivity index (χ4n) is 10.5. The molecule has 0 aromatic carbocycles. The average Bonchev–Trinajstić information content (AvgIpc) is 0.962. The fourth-order valence-corrected chi connectivity index (χ4v) is 12.0. The van der Waals surface area contributed by atoms with Crippen molar-refractivity contribution >= 4 is 39.5 Å². The van der Waals surface area contributed by atoms with Crippen molar-refractivity contribution < 1.29 is 80.2 Å². The summed E-state index contributed by atoms with van der Waals surface area (Å²) in [6.07, 6.45) is 76.8. The summed E-state index contributed by atoms with van der Waals surface area (Å²) in [6.45, 7) is 4.74. The molecule has 5 atom stereocenters. The van der Waals surface area contributed by atoms with E-state index < -0.39 is 97.5 Å². The number of aliphatic hydroxyl groups is 1. The highest BCUT2D eigenvalue weighted by atomic mass is 31.2. The molecule has 2 unspecified atom stereocenters. The first kappa shape index (κ1) is 96.0. The number of carbonyl (C=O) groups excluding carboxylic acids is 4. The molecule has 3 N–H and O–H groups in total. The lowest BCUT2D eigenvalue weighted by molar-refractivity contribution is -0.161. The van der Waals surface area contributed by atoms with E-state index in [1.54, 1.807) is 0 Å². The van der Waals surface area contributed by atoms with Crippen LogP contribution in [0.3, 0.4) is 0 Å². The van der Waals surface area contributed by atoms with Crippen LogP contribution in [0.5, 0.6) is 0 Å². The van der Waals surface area contributed by atoms with Gasteiger partial charge in [-0.15, -0.1) is 0 Å². The van der Waals surface area contributed by atoms with Gasteiger partial charge in [0.15, 0.2) is 12.2 Å². The second-order valence-corrected chi connectivity index (χ2v) is 29.2. The molecule has 0 aromatic heterocycles. The molecule has 100 heavy (non-hydrogen) atoms. The minimum Gasteiger partial charge on any atom is -0.462 e. The first-order chi connectivity index (χ1) is 48.7. The molecule has 0 aliphatic carbocycles. The molecule has 0 aliphatic rings. The van der Waals surface area contributed by atoms with Crippen LogP contribution in [0.1, 0.15) is 336 Å². The van der Waals surface area contributed by atoms with Gasteiger partial charge in [0.25, 0.3) is 0 Å². The lowest BCUT2D eigenvalue weighted by atomic mass is 10.0. The van der Waals surface area contributed by atoms with E-state index in [2.05, 4.69) is 113 Å². The third kappa shape index (κ3) is 72.3. The van der Waals surface area contributed by atoms with Crippen LogP contribution in [0.15, 0.2) is 97.2 Å². The highest BCUT2D eigenvalue weighted by Gasteiger charge is 2.30. The molecule has 0 bridgehead atoms. The molecule has 0 rings (SSSR count). The molecule has 19 heteroatoms. The molecule has 0 heterocycles. The second-order valence-electron chi connectivity index (χ2n) is 26.3. The van der Waals surface area contributed by atoms with Crippen molar-refractivity contribution in [3.8, 4) is 0 Å². The molecule has 578 valence electrons. The van der Waals surface area contributed by atoms with Crippen LogP contribution in [0, 0.1) is 0 Å². The number of rotatable bonds is 74. The largest absolute Gasteiger partial charge is 0.472 e. The van der Waals surface area contributed by atoms with Gasteiger partial charge < -0.3 is 33.8 Å². The summed E-state index contributed by atoms with van der Waals surface area (Å²) >= 11 is 0. The Balaban J connectivity index is 5.41.